The predicted molar refractivity (Wildman–Crippen MR) is 279 cm³/mol. The van der Waals surface area contributed by atoms with Crippen LogP contribution in [0.4, 0.5) is 0 Å². The van der Waals surface area contributed by atoms with Crippen molar-refractivity contribution in [3.8, 4) is 0 Å². The van der Waals surface area contributed by atoms with Crippen LogP contribution in [0.15, 0.2) is 29.9 Å². The van der Waals surface area contributed by atoms with Crippen molar-refractivity contribution in [3.05, 3.63) is 29.9 Å². The summed E-state index contributed by atoms with van der Waals surface area (Å²) in [6.45, 7) is 17.4. The Morgan fingerprint density at radius 1 is 0.580 bits per heavy atom. The molecule has 1 saturated carbocycles. The van der Waals surface area contributed by atoms with Crippen LogP contribution >= 0.6 is 0 Å². The van der Waals surface area contributed by atoms with Gasteiger partial charge in [-0.25, -0.2) is 4.79 Å². The summed E-state index contributed by atoms with van der Waals surface area (Å²) in [5, 5.41) is 19.6. The van der Waals surface area contributed by atoms with E-state index < -0.39 is 60.3 Å². The normalized spacial score (nSPS) is 57.8. The fourth-order valence-electron chi connectivity index (χ4n) is 19.3. The molecule has 19 nitrogen and oxygen atoms in total. The van der Waals surface area contributed by atoms with E-state index in [-0.39, 0.29) is 158 Å². The molecule has 0 amide bonds. The zero-order valence-corrected chi connectivity index (χ0v) is 47.3. The van der Waals surface area contributed by atoms with E-state index in [9.17, 15) is 19.8 Å². The Labute approximate surface area is 473 Å². The molecule has 10 unspecified atom stereocenters. The topological polar surface area (TPSA) is 213 Å². The van der Waals surface area contributed by atoms with Gasteiger partial charge in [0.2, 0.25) is 0 Å². The summed E-state index contributed by atoms with van der Waals surface area (Å²) in [7, 11) is 0. The Bertz CT molecular complexity index is 2580. The van der Waals surface area contributed by atoms with Crippen LogP contribution in [0.3, 0.4) is 0 Å². The van der Waals surface area contributed by atoms with Crippen LogP contribution in [-0.2, 0) is 80.6 Å². The quantitative estimate of drug-likeness (QED) is 0.201. The monoisotopic (exact) mass is 1130 g/mol. The van der Waals surface area contributed by atoms with Crippen molar-refractivity contribution in [2.45, 2.75) is 301 Å². The largest absolute Gasteiger partial charge is 0.459 e. The summed E-state index contributed by atoms with van der Waals surface area (Å²) in [6.07, 6.45) is 3.94. The lowest BCUT2D eigenvalue weighted by molar-refractivity contribution is -0.620. The van der Waals surface area contributed by atoms with E-state index in [1.165, 1.54) is 0 Å². The number of rotatable bonds is 4. The Morgan fingerprint density at radius 2 is 1.30 bits per heavy atom. The summed E-state index contributed by atoms with van der Waals surface area (Å²) < 4.78 is 104. The van der Waals surface area contributed by atoms with Crippen molar-refractivity contribution in [1.29, 1.82) is 0 Å². The maximum absolute atomic E-state index is 14.6. The van der Waals surface area contributed by atoms with Gasteiger partial charge in [0.25, 0.3) is 0 Å². The molecule has 32 atom stereocenters. The summed E-state index contributed by atoms with van der Waals surface area (Å²) in [4.78, 5) is 26.6. The van der Waals surface area contributed by atoms with Gasteiger partial charge in [-0.2, -0.15) is 0 Å². The molecular weight excluding hydrogens is 1050 g/mol. The number of aliphatic hydroxyl groups excluding tert-OH is 2. The maximum Gasteiger partial charge on any atom is 0.308 e. The first kappa shape index (κ1) is 54.2. The molecule has 10 bridgehead atoms. The Kier molecular flexibility index (Phi) is 13.1. The van der Waals surface area contributed by atoms with Crippen LogP contribution < -0.4 is 0 Å². The molecule has 2 N–H and O–H groups in total. The van der Waals surface area contributed by atoms with Crippen LogP contribution in [0, 0.1) is 35.5 Å². The van der Waals surface area contributed by atoms with Crippen molar-refractivity contribution in [2.24, 2.45) is 35.5 Å². The van der Waals surface area contributed by atoms with Crippen LogP contribution in [0.2, 0.25) is 0 Å². The van der Waals surface area contributed by atoms with E-state index in [1.807, 2.05) is 5.94 Å². The van der Waals surface area contributed by atoms with Gasteiger partial charge in [-0.1, -0.05) is 40.9 Å². The molecule has 1 aliphatic carbocycles. The average Bonchev–Trinajstić information content (AvgIpc) is 1.44. The number of hydrogen-bond donors (Lipinski definition) is 2. The molecule has 0 aromatic heterocycles. The fraction of sp³-hybridized carbons (Fsp3) is 0.887. The molecule has 17 rings (SSSR count). The Balaban J connectivity index is 0.630. The van der Waals surface area contributed by atoms with Crippen molar-refractivity contribution in [3.63, 3.8) is 0 Å². The SMILES string of the molecule is C=C1C2C[C@@H]3O[C@H]4C[C@H]5O[C@]6(CC7O[C@]8(C[C@H](C)C9OC(C(=C=O)C[C@@H](O)CO)CC9O8)C[C@H](C)C7O6)C[C@H]5O[C@H]4[C@H](C)[C@H]3OC(=O)C[C@H]3CC[C@@H]4O[C@@H]5C6[C@@H](O[C@@]7(CCC8CC(=C)[C@H](CC[C@@H](C[C@H]1C)O2)O8)C[C@H]1OC6(O7)C51)[C@H]4O3. The van der Waals surface area contributed by atoms with E-state index in [1.54, 1.807) is 0 Å². The van der Waals surface area contributed by atoms with Gasteiger partial charge in [0.05, 0.1) is 141 Å². The first-order valence-electron chi connectivity index (χ1n) is 31.4. The van der Waals surface area contributed by atoms with Gasteiger partial charge in [-0.15, -0.1) is 0 Å². The highest BCUT2D eigenvalue weighted by atomic mass is 16.8. The van der Waals surface area contributed by atoms with Crippen molar-refractivity contribution in [2.75, 3.05) is 6.61 Å². The predicted octanol–water partition coefficient (Wildman–Crippen LogP) is 5.53. The van der Waals surface area contributed by atoms with E-state index >= 15 is 0 Å². The maximum atomic E-state index is 14.6. The molecule has 17 aliphatic rings. The summed E-state index contributed by atoms with van der Waals surface area (Å²) in [5.74, 6) is -1.46. The number of fused-ring (bicyclic) bond motifs is 10. The molecule has 0 radical (unpaired) electrons. The standard InChI is InChI=1S/C62H84O19/c1-27-13-35-7-9-38-28(2)14-37(67-38)11-12-59-23-47-50-57-51(62(50,78-47)81-59)58(80-59)56-39(71-57)10-8-36(69-56)16-49(66)74-55-32(6)54-44(70-43(55)17-40(68-35)31(27)5)19-42-46(73-54)22-61(75-42)24-48-53(79-61)30(4)21-60(77-48)20-29(3)52-45(76-60)18-41(72-52)33(25-63)15-34(65)26-64/h27,29-30,32,34-48,50-58,64-65H,2,5,7-24,26H2,1,3-4,6H3/t27-,29+,30+,32+,34-,35+,36-,37?,38+,39+,40?,41?,42-,43+,44+,45?,46-,47-,48?,50?,51?,52?,53?,54+,55-,56+,57+,58-,59-,60-,61-,62?/m1/s1. The minimum atomic E-state index is -1.06. The third-order valence-electron chi connectivity index (χ3n) is 23.0. The zero-order chi connectivity index (χ0) is 55.2. The van der Waals surface area contributed by atoms with E-state index in [4.69, 9.17) is 71.1 Å². The highest BCUT2D eigenvalue weighted by Crippen LogP contribution is 2.73. The molecule has 81 heavy (non-hydrogen) atoms. The highest BCUT2D eigenvalue weighted by molar-refractivity contribution is 5.70. The van der Waals surface area contributed by atoms with Crippen LogP contribution in [0.5, 0.6) is 0 Å². The van der Waals surface area contributed by atoms with E-state index in [0.29, 0.717) is 69.8 Å². The first-order valence-corrected chi connectivity index (χ1v) is 31.4. The Morgan fingerprint density at radius 3 is 2.14 bits per heavy atom. The van der Waals surface area contributed by atoms with Gasteiger partial charge in [0.1, 0.15) is 24.3 Å². The smallest absolute Gasteiger partial charge is 0.308 e. The number of carbonyl (C=O) groups excluding carboxylic acids is 2. The zero-order valence-electron chi connectivity index (χ0n) is 47.3. The second-order valence-corrected chi connectivity index (χ2v) is 28.3. The molecule has 4 spiro atoms. The van der Waals surface area contributed by atoms with Crippen LogP contribution in [-0.4, -0.2) is 186 Å². The molecule has 16 heterocycles. The summed E-state index contributed by atoms with van der Waals surface area (Å²) in [6, 6.07) is 0. The van der Waals surface area contributed by atoms with Gasteiger partial charge < -0.3 is 81.3 Å². The highest BCUT2D eigenvalue weighted by Gasteiger charge is 2.87. The lowest BCUT2D eigenvalue weighted by Crippen LogP contribution is -2.93. The van der Waals surface area contributed by atoms with Crippen molar-refractivity contribution >= 4 is 11.9 Å². The third-order valence-corrected chi connectivity index (χ3v) is 23.0. The number of ether oxygens (including phenoxy) is 15. The minimum Gasteiger partial charge on any atom is -0.459 e. The van der Waals surface area contributed by atoms with E-state index in [0.717, 1.165) is 49.7 Å². The van der Waals surface area contributed by atoms with Crippen LogP contribution in [0.1, 0.15) is 143 Å². The molecular formula is C62H84O19. The number of hydrogen-bond acceptors (Lipinski definition) is 19. The number of carbonyl (C=O) groups is 1. The Hall–Kier alpha value is -2.24. The lowest BCUT2D eigenvalue weighted by atomic mass is 9.51. The number of esters is 1. The van der Waals surface area contributed by atoms with E-state index in [2.05, 4.69) is 40.9 Å². The summed E-state index contributed by atoms with van der Waals surface area (Å²) in [5.41, 5.74) is 2.46. The van der Waals surface area contributed by atoms with Gasteiger partial charge in [0, 0.05) is 75.7 Å². The van der Waals surface area contributed by atoms with Crippen molar-refractivity contribution < 1.29 is 90.9 Å². The molecule has 16 aliphatic heterocycles. The summed E-state index contributed by atoms with van der Waals surface area (Å²) >= 11 is 0. The first-order chi connectivity index (χ1) is 39.0. The second kappa shape index (κ2) is 19.6. The molecule has 446 valence electrons. The van der Waals surface area contributed by atoms with Crippen LogP contribution in [0.25, 0.3) is 0 Å². The third kappa shape index (κ3) is 8.68. The lowest BCUT2D eigenvalue weighted by Gasteiger charge is -2.80. The fourth-order valence-corrected chi connectivity index (χ4v) is 19.3. The van der Waals surface area contributed by atoms with Gasteiger partial charge in [-0.3, -0.25) is 4.79 Å². The molecule has 0 aromatic carbocycles. The van der Waals surface area contributed by atoms with Crippen molar-refractivity contribution in [1.82, 2.24) is 0 Å². The van der Waals surface area contributed by atoms with Gasteiger partial charge >= 0.3 is 5.97 Å². The van der Waals surface area contributed by atoms with Gasteiger partial charge in [-0.05, 0) is 73.8 Å². The molecule has 0 aromatic rings. The average molecular weight is 1130 g/mol. The molecule has 16 saturated heterocycles. The van der Waals surface area contributed by atoms with Gasteiger partial charge in [0.15, 0.2) is 23.1 Å². The second-order valence-electron chi connectivity index (χ2n) is 28.3. The number of aliphatic hydroxyl groups is 2. The molecule has 19 heteroatoms. The minimum absolute atomic E-state index is 0.00582. The molecule has 17 fully saturated rings.